The number of benzene rings is 1. The van der Waals surface area contributed by atoms with Crippen LogP contribution in [-0.2, 0) is 14.3 Å². The van der Waals surface area contributed by atoms with Crippen molar-refractivity contribution < 1.29 is 29.0 Å². The van der Waals surface area contributed by atoms with E-state index >= 15 is 0 Å². The van der Waals surface area contributed by atoms with E-state index in [9.17, 15) is 14.4 Å². The SMILES string of the molecule is CC(C)(C)OC(=O)N1CC=C(/C=C/C(=O)N2CCCC(c3ccc(OCC(=O)O)cc3)C2)CC1. The highest BCUT2D eigenvalue weighted by molar-refractivity contribution is 5.88. The van der Waals surface area contributed by atoms with Gasteiger partial charge in [0.05, 0.1) is 0 Å². The van der Waals surface area contributed by atoms with E-state index in [2.05, 4.69) is 0 Å². The van der Waals surface area contributed by atoms with Crippen molar-refractivity contribution in [3.63, 3.8) is 0 Å². The summed E-state index contributed by atoms with van der Waals surface area (Å²) in [6, 6.07) is 7.42. The van der Waals surface area contributed by atoms with Crippen molar-refractivity contribution in [1.29, 1.82) is 0 Å². The lowest BCUT2D eigenvalue weighted by Crippen LogP contribution is -2.39. The number of amides is 2. The average Bonchev–Trinajstić information content (AvgIpc) is 2.81. The molecule has 8 heteroatoms. The summed E-state index contributed by atoms with van der Waals surface area (Å²) in [6.45, 7) is 7.59. The molecule has 0 aromatic heterocycles. The first-order chi connectivity index (χ1) is 16.1. The maximum absolute atomic E-state index is 12.8. The van der Waals surface area contributed by atoms with Gasteiger partial charge in [0.2, 0.25) is 5.91 Å². The molecule has 1 aromatic rings. The number of rotatable bonds is 6. The lowest BCUT2D eigenvalue weighted by atomic mass is 9.90. The highest BCUT2D eigenvalue weighted by Gasteiger charge is 2.25. The van der Waals surface area contributed by atoms with Gasteiger partial charge in [-0.15, -0.1) is 0 Å². The van der Waals surface area contributed by atoms with Gasteiger partial charge < -0.3 is 24.4 Å². The topological polar surface area (TPSA) is 96.4 Å². The molecule has 0 aliphatic carbocycles. The van der Waals surface area contributed by atoms with Crippen LogP contribution < -0.4 is 4.74 Å². The van der Waals surface area contributed by atoms with Gasteiger partial charge in [0.1, 0.15) is 11.4 Å². The van der Waals surface area contributed by atoms with Gasteiger partial charge in [0, 0.05) is 38.2 Å². The van der Waals surface area contributed by atoms with E-state index in [1.165, 1.54) is 0 Å². The number of nitrogens with zero attached hydrogens (tertiary/aromatic N) is 2. The number of carbonyl (C=O) groups is 3. The minimum absolute atomic E-state index is 0.0124. The van der Waals surface area contributed by atoms with Crippen molar-refractivity contribution in [3.8, 4) is 5.75 Å². The molecule has 2 heterocycles. The first-order valence-corrected chi connectivity index (χ1v) is 11.7. The van der Waals surface area contributed by atoms with Crippen molar-refractivity contribution in [2.24, 2.45) is 0 Å². The molecule has 0 bridgehead atoms. The Morgan fingerprint density at radius 3 is 2.47 bits per heavy atom. The summed E-state index contributed by atoms with van der Waals surface area (Å²) < 4.78 is 10.6. The van der Waals surface area contributed by atoms with Crippen LogP contribution in [0.3, 0.4) is 0 Å². The summed E-state index contributed by atoms with van der Waals surface area (Å²) in [7, 11) is 0. The Morgan fingerprint density at radius 2 is 1.85 bits per heavy atom. The Labute approximate surface area is 200 Å². The Hall–Kier alpha value is -3.29. The van der Waals surface area contributed by atoms with E-state index in [-0.39, 0.29) is 24.5 Å². The monoisotopic (exact) mass is 470 g/mol. The maximum Gasteiger partial charge on any atom is 0.410 e. The first-order valence-electron chi connectivity index (χ1n) is 11.7. The number of aliphatic carboxylic acids is 1. The van der Waals surface area contributed by atoms with Gasteiger partial charge in [0.15, 0.2) is 6.61 Å². The zero-order valence-corrected chi connectivity index (χ0v) is 20.2. The quantitative estimate of drug-likeness (QED) is 0.632. The Bertz CT molecular complexity index is 945. The van der Waals surface area contributed by atoms with Gasteiger partial charge in [-0.25, -0.2) is 9.59 Å². The number of carboxylic acids is 1. The summed E-state index contributed by atoms with van der Waals surface area (Å²) >= 11 is 0. The fourth-order valence-electron chi connectivity index (χ4n) is 4.04. The van der Waals surface area contributed by atoms with Gasteiger partial charge >= 0.3 is 12.1 Å². The summed E-state index contributed by atoms with van der Waals surface area (Å²) in [5.41, 5.74) is 1.63. The third-order valence-electron chi connectivity index (χ3n) is 5.78. The molecule has 1 aromatic carbocycles. The standard InChI is InChI=1S/C26H34N2O6/c1-26(2,3)34-25(32)27-15-12-19(13-16-27)6-11-23(29)28-14-4-5-21(17-28)20-7-9-22(10-8-20)33-18-24(30)31/h6-12,21H,4-5,13-18H2,1-3H3,(H,30,31)/b11-6+. The van der Waals surface area contributed by atoms with Crippen LogP contribution in [0.4, 0.5) is 4.79 Å². The lowest BCUT2D eigenvalue weighted by molar-refractivity contribution is -0.139. The predicted octanol–water partition coefficient (Wildman–Crippen LogP) is 3.98. The molecule has 0 spiro atoms. The molecular formula is C26H34N2O6. The van der Waals surface area contributed by atoms with E-state index in [0.717, 1.165) is 30.5 Å². The van der Waals surface area contributed by atoms with Crippen LogP contribution in [0.1, 0.15) is 51.5 Å². The number of hydrogen-bond acceptors (Lipinski definition) is 5. The van der Waals surface area contributed by atoms with Crippen molar-refractivity contribution in [3.05, 3.63) is 53.6 Å². The van der Waals surface area contributed by atoms with Crippen LogP contribution in [0.5, 0.6) is 5.75 Å². The van der Waals surface area contributed by atoms with E-state index in [0.29, 0.717) is 31.8 Å². The molecule has 2 amide bonds. The lowest BCUT2D eigenvalue weighted by Gasteiger charge is -2.32. The van der Waals surface area contributed by atoms with Crippen LogP contribution in [0.25, 0.3) is 0 Å². The molecule has 2 aliphatic heterocycles. The van der Waals surface area contributed by atoms with E-state index in [4.69, 9.17) is 14.6 Å². The van der Waals surface area contributed by atoms with E-state index < -0.39 is 11.6 Å². The maximum atomic E-state index is 12.8. The summed E-state index contributed by atoms with van der Waals surface area (Å²) in [6.07, 6.45) is 7.73. The zero-order valence-electron chi connectivity index (χ0n) is 20.2. The van der Waals surface area contributed by atoms with Crippen molar-refractivity contribution in [1.82, 2.24) is 9.80 Å². The first kappa shape index (κ1) is 25.3. The van der Waals surface area contributed by atoms with Crippen LogP contribution in [0, 0.1) is 0 Å². The fraction of sp³-hybridized carbons (Fsp3) is 0.500. The normalized spacial score (nSPS) is 19.0. The highest BCUT2D eigenvalue weighted by atomic mass is 16.6. The second-order valence-corrected chi connectivity index (χ2v) is 9.66. The third kappa shape index (κ3) is 7.64. The molecule has 0 radical (unpaired) electrons. The number of likely N-dealkylation sites (tertiary alicyclic amines) is 1. The molecular weight excluding hydrogens is 436 g/mol. The molecule has 1 N–H and O–H groups in total. The average molecular weight is 471 g/mol. The second-order valence-electron chi connectivity index (χ2n) is 9.66. The van der Waals surface area contributed by atoms with Gasteiger partial charge in [0.25, 0.3) is 0 Å². The Morgan fingerprint density at radius 1 is 1.12 bits per heavy atom. The Balaban J connectivity index is 1.51. The Kier molecular flexibility index (Phi) is 8.36. The largest absolute Gasteiger partial charge is 0.482 e. The second kappa shape index (κ2) is 11.2. The van der Waals surface area contributed by atoms with Crippen LogP contribution in [-0.4, -0.2) is 71.3 Å². The molecule has 184 valence electrons. The van der Waals surface area contributed by atoms with Gasteiger partial charge in [-0.05, 0) is 63.3 Å². The number of carboxylic acid groups (broad SMARTS) is 1. The van der Waals surface area contributed by atoms with Crippen LogP contribution in [0.15, 0.2) is 48.1 Å². The third-order valence-corrected chi connectivity index (χ3v) is 5.78. The minimum atomic E-state index is -1.01. The van der Waals surface area contributed by atoms with Gasteiger partial charge in [-0.3, -0.25) is 4.79 Å². The van der Waals surface area contributed by atoms with E-state index in [1.54, 1.807) is 23.1 Å². The predicted molar refractivity (Wildman–Crippen MR) is 128 cm³/mol. The number of hydrogen-bond donors (Lipinski definition) is 1. The number of carbonyl (C=O) groups excluding carboxylic acids is 2. The highest BCUT2D eigenvalue weighted by Crippen LogP contribution is 2.28. The number of ether oxygens (including phenoxy) is 2. The minimum Gasteiger partial charge on any atom is -0.482 e. The summed E-state index contributed by atoms with van der Waals surface area (Å²) in [5, 5.41) is 8.72. The molecule has 2 aliphatic rings. The molecule has 1 saturated heterocycles. The smallest absolute Gasteiger partial charge is 0.410 e. The van der Waals surface area contributed by atoms with Crippen molar-refractivity contribution in [2.75, 3.05) is 32.8 Å². The zero-order chi connectivity index (χ0) is 24.7. The van der Waals surface area contributed by atoms with Crippen molar-refractivity contribution >= 4 is 18.0 Å². The molecule has 1 fully saturated rings. The van der Waals surface area contributed by atoms with Gasteiger partial charge in [-0.2, -0.15) is 0 Å². The van der Waals surface area contributed by atoms with E-state index in [1.807, 2.05) is 50.0 Å². The number of piperidine rings is 1. The summed E-state index contributed by atoms with van der Waals surface area (Å²) in [5.74, 6) is -0.274. The van der Waals surface area contributed by atoms with Crippen LogP contribution in [0.2, 0.25) is 0 Å². The van der Waals surface area contributed by atoms with Crippen LogP contribution >= 0.6 is 0 Å². The number of allylic oxidation sites excluding steroid dienone is 1. The van der Waals surface area contributed by atoms with Crippen molar-refractivity contribution in [2.45, 2.75) is 51.6 Å². The molecule has 0 saturated carbocycles. The van der Waals surface area contributed by atoms with Gasteiger partial charge in [-0.1, -0.05) is 24.3 Å². The molecule has 1 unspecified atom stereocenters. The molecule has 8 nitrogen and oxygen atoms in total. The molecule has 3 rings (SSSR count). The summed E-state index contributed by atoms with van der Waals surface area (Å²) in [4.78, 5) is 39.2. The molecule has 1 atom stereocenters. The fourth-order valence-corrected chi connectivity index (χ4v) is 4.04. The molecule has 34 heavy (non-hydrogen) atoms.